The monoisotopic (exact) mass is 226 g/mol. The maximum Gasteiger partial charge on any atom is 0.237 e. The summed E-state index contributed by atoms with van der Waals surface area (Å²) >= 11 is 0. The summed E-state index contributed by atoms with van der Waals surface area (Å²) in [6, 6.07) is -0.384. The highest BCUT2D eigenvalue weighted by Crippen LogP contribution is 2.67. The molecule has 0 spiro atoms. The predicted molar refractivity (Wildman–Crippen MR) is 66.9 cm³/mol. The Kier molecular flexibility index (Phi) is 3.39. The number of hydrogen-bond acceptors (Lipinski definition) is 2. The topological polar surface area (TPSA) is 55.1 Å². The number of hydrogen-bond donors (Lipinski definition) is 2. The van der Waals surface area contributed by atoms with Gasteiger partial charge in [-0.25, -0.2) is 0 Å². The van der Waals surface area contributed by atoms with E-state index in [1.165, 1.54) is 0 Å². The Balaban J connectivity index is 2.41. The number of nitrogens with one attached hydrogen (secondary N) is 1. The van der Waals surface area contributed by atoms with Gasteiger partial charge in [-0.2, -0.15) is 0 Å². The van der Waals surface area contributed by atoms with Crippen molar-refractivity contribution in [2.75, 3.05) is 6.54 Å². The summed E-state index contributed by atoms with van der Waals surface area (Å²) in [6.07, 6.45) is 0. The zero-order chi connectivity index (χ0) is 12.7. The molecule has 0 unspecified atom stereocenters. The fourth-order valence-corrected chi connectivity index (χ4v) is 2.47. The molecule has 1 atom stereocenters. The molecule has 94 valence electrons. The Morgan fingerprint density at radius 2 is 1.69 bits per heavy atom. The summed E-state index contributed by atoms with van der Waals surface area (Å²) in [4.78, 5) is 11.7. The minimum Gasteiger partial charge on any atom is -0.354 e. The summed E-state index contributed by atoms with van der Waals surface area (Å²) in [6.45, 7) is 13.7. The minimum absolute atomic E-state index is 0.0199. The molecule has 0 bridgehead atoms. The van der Waals surface area contributed by atoms with Gasteiger partial charge in [-0.15, -0.1) is 0 Å². The van der Waals surface area contributed by atoms with Crippen LogP contribution < -0.4 is 11.1 Å². The molecule has 1 rings (SSSR count). The van der Waals surface area contributed by atoms with Gasteiger partial charge in [0.2, 0.25) is 5.91 Å². The van der Waals surface area contributed by atoms with Crippen molar-refractivity contribution in [2.24, 2.45) is 28.4 Å². The van der Waals surface area contributed by atoms with Crippen LogP contribution in [0.3, 0.4) is 0 Å². The normalized spacial score (nSPS) is 24.2. The van der Waals surface area contributed by atoms with E-state index in [4.69, 9.17) is 5.73 Å². The van der Waals surface area contributed by atoms with E-state index < -0.39 is 0 Å². The molecule has 3 nitrogen and oxygen atoms in total. The van der Waals surface area contributed by atoms with Crippen molar-refractivity contribution in [3.05, 3.63) is 0 Å². The Morgan fingerprint density at radius 1 is 1.25 bits per heavy atom. The van der Waals surface area contributed by atoms with E-state index in [0.29, 0.717) is 16.7 Å². The molecule has 0 aliphatic heterocycles. The second kappa shape index (κ2) is 4.02. The Labute approximate surface area is 99.2 Å². The van der Waals surface area contributed by atoms with Crippen molar-refractivity contribution >= 4 is 5.91 Å². The quantitative estimate of drug-likeness (QED) is 0.767. The number of carbonyl (C=O) groups excluding carboxylic acids is 1. The predicted octanol–water partition coefficient (Wildman–Crippen LogP) is 1.77. The SMILES string of the molecule is CC(C)[C@H](N)C(=O)NCC1C(C)(C)C1(C)C. The van der Waals surface area contributed by atoms with Crippen molar-refractivity contribution in [3.63, 3.8) is 0 Å². The average Bonchev–Trinajstić information content (AvgIpc) is 2.53. The van der Waals surface area contributed by atoms with Crippen LogP contribution in [0.5, 0.6) is 0 Å². The number of nitrogens with two attached hydrogens (primary N) is 1. The van der Waals surface area contributed by atoms with Crippen LogP contribution in [0.15, 0.2) is 0 Å². The third kappa shape index (κ3) is 2.10. The first kappa shape index (κ1) is 13.5. The van der Waals surface area contributed by atoms with Gasteiger partial charge in [0.25, 0.3) is 0 Å². The van der Waals surface area contributed by atoms with Crippen LogP contribution in [0.2, 0.25) is 0 Å². The maximum absolute atomic E-state index is 11.7. The van der Waals surface area contributed by atoms with Gasteiger partial charge in [0.15, 0.2) is 0 Å². The van der Waals surface area contributed by atoms with E-state index in [1.807, 2.05) is 13.8 Å². The molecule has 3 heteroatoms. The first-order valence-corrected chi connectivity index (χ1v) is 6.15. The third-order valence-electron chi connectivity index (χ3n) is 4.82. The van der Waals surface area contributed by atoms with Crippen LogP contribution >= 0.6 is 0 Å². The average molecular weight is 226 g/mol. The van der Waals surface area contributed by atoms with Gasteiger partial charge in [0, 0.05) is 6.54 Å². The highest BCUT2D eigenvalue weighted by molar-refractivity contribution is 5.81. The van der Waals surface area contributed by atoms with Gasteiger partial charge in [-0.3, -0.25) is 4.79 Å². The van der Waals surface area contributed by atoms with Crippen LogP contribution in [-0.4, -0.2) is 18.5 Å². The van der Waals surface area contributed by atoms with Crippen LogP contribution in [0, 0.1) is 22.7 Å². The molecule has 1 amide bonds. The van der Waals surface area contributed by atoms with Gasteiger partial charge >= 0.3 is 0 Å². The summed E-state index contributed by atoms with van der Waals surface area (Å²) in [7, 11) is 0. The molecule has 0 heterocycles. The lowest BCUT2D eigenvalue weighted by Crippen LogP contribution is -2.44. The zero-order valence-corrected chi connectivity index (χ0v) is 11.4. The lowest BCUT2D eigenvalue weighted by molar-refractivity contribution is -0.123. The number of rotatable bonds is 4. The standard InChI is InChI=1S/C13H26N2O/c1-8(2)10(14)11(16)15-7-9-12(3,4)13(9,5)6/h8-10H,7,14H2,1-6H3,(H,15,16)/t10-/m0/s1. The molecule has 1 saturated carbocycles. The molecule has 1 fully saturated rings. The molecule has 1 aliphatic carbocycles. The molecule has 16 heavy (non-hydrogen) atoms. The molecule has 0 radical (unpaired) electrons. The van der Waals surface area contributed by atoms with E-state index >= 15 is 0 Å². The fraction of sp³-hybridized carbons (Fsp3) is 0.923. The minimum atomic E-state index is -0.384. The second-order valence-corrected chi connectivity index (χ2v) is 6.51. The first-order chi connectivity index (χ1) is 7.12. The van der Waals surface area contributed by atoms with Crippen molar-refractivity contribution in [1.82, 2.24) is 5.32 Å². The molecule has 1 aliphatic rings. The molecular weight excluding hydrogens is 200 g/mol. The molecule has 0 aromatic rings. The number of amides is 1. The van der Waals surface area contributed by atoms with E-state index in [-0.39, 0.29) is 17.9 Å². The van der Waals surface area contributed by atoms with Gasteiger partial charge < -0.3 is 11.1 Å². The van der Waals surface area contributed by atoms with E-state index in [2.05, 4.69) is 33.0 Å². The maximum atomic E-state index is 11.7. The molecule has 0 aromatic heterocycles. The third-order valence-corrected chi connectivity index (χ3v) is 4.82. The van der Waals surface area contributed by atoms with Crippen LogP contribution in [0.4, 0.5) is 0 Å². The van der Waals surface area contributed by atoms with Gasteiger partial charge in [-0.05, 0) is 22.7 Å². The summed E-state index contributed by atoms with van der Waals surface area (Å²) in [5, 5.41) is 2.97. The fourth-order valence-electron chi connectivity index (χ4n) is 2.47. The summed E-state index contributed by atoms with van der Waals surface area (Å²) < 4.78 is 0. The number of carbonyl (C=O) groups is 1. The highest BCUT2D eigenvalue weighted by atomic mass is 16.2. The Bertz CT molecular complexity index is 268. The lowest BCUT2D eigenvalue weighted by Gasteiger charge is -2.15. The largest absolute Gasteiger partial charge is 0.354 e. The Hall–Kier alpha value is -0.570. The van der Waals surface area contributed by atoms with Gasteiger partial charge in [-0.1, -0.05) is 41.5 Å². The lowest BCUT2D eigenvalue weighted by atomic mass is 10.0. The Morgan fingerprint density at radius 3 is 2.00 bits per heavy atom. The van der Waals surface area contributed by atoms with E-state index in [1.54, 1.807) is 0 Å². The van der Waals surface area contributed by atoms with Gasteiger partial charge in [0.05, 0.1) is 6.04 Å². The molecular formula is C13H26N2O. The van der Waals surface area contributed by atoms with Crippen molar-refractivity contribution < 1.29 is 4.79 Å². The molecule has 3 N–H and O–H groups in total. The van der Waals surface area contributed by atoms with Gasteiger partial charge in [0.1, 0.15) is 0 Å². The van der Waals surface area contributed by atoms with Crippen molar-refractivity contribution in [2.45, 2.75) is 47.6 Å². The smallest absolute Gasteiger partial charge is 0.237 e. The summed E-state index contributed by atoms with van der Waals surface area (Å²) in [5.41, 5.74) is 6.43. The summed E-state index contributed by atoms with van der Waals surface area (Å²) in [5.74, 6) is 0.733. The first-order valence-electron chi connectivity index (χ1n) is 6.15. The van der Waals surface area contributed by atoms with Crippen LogP contribution in [0.1, 0.15) is 41.5 Å². The molecule has 0 aromatic carbocycles. The van der Waals surface area contributed by atoms with E-state index in [9.17, 15) is 4.79 Å². The van der Waals surface area contributed by atoms with Crippen molar-refractivity contribution in [3.8, 4) is 0 Å². The van der Waals surface area contributed by atoms with Crippen LogP contribution in [0.25, 0.3) is 0 Å². The van der Waals surface area contributed by atoms with Crippen molar-refractivity contribution in [1.29, 1.82) is 0 Å². The molecule has 0 saturated heterocycles. The second-order valence-electron chi connectivity index (χ2n) is 6.51. The zero-order valence-electron chi connectivity index (χ0n) is 11.4. The van der Waals surface area contributed by atoms with E-state index in [0.717, 1.165) is 6.54 Å². The van der Waals surface area contributed by atoms with Crippen LogP contribution in [-0.2, 0) is 4.79 Å². The highest BCUT2D eigenvalue weighted by Gasteiger charge is 2.64.